The molecule has 86 valence electrons. The molecule has 0 unspecified atom stereocenters. The van der Waals surface area contributed by atoms with Crippen molar-refractivity contribution in [3.8, 4) is 17.6 Å². The third-order valence-corrected chi connectivity index (χ3v) is 2.34. The monoisotopic (exact) mass is 218 g/mol. The smallest absolute Gasteiger partial charge is 0.135 e. The molecule has 1 aromatic carbocycles. The number of benzene rings is 1. The van der Waals surface area contributed by atoms with Gasteiger partial charge in [0.1, 0.15) is 5.75 Å². The molecule has 0 spiro atoms. The van der Waals surface area contributed by atoms with Crippen molar-refractivity contribution < 1.29 is 9.84 Å². The summed E-state index contributed by atoms with van der Waals surface area (Å²) in [5.41, 5.74) is 3.26. The molecule has 0 aliphatic rings. The van der Waals surface area contributed by atoms with Crippen LogP contribution in [0.2, 0.25) is 0 Å². The highest BCUT2D eigenvalue weighted by Gasteiger charge is 2.04. The summed E-state index contributed by atoms with van der Waals surface area (Å²) in [7, 11) is 1.66. The number of hydrogen-bond acceptors (Lipinski definition) is 2. The predicted molar refractivity (Wildman–Crippen MR) is 65.7 cm³/mol. The van der Waals surface area contributed by atoms with Crippen molar-refractivity contribution in [2.45, 2.75) is 26.7 Å². The fourth-order valence-electron chi connectivity index (χ4n) is 1.57. The number of ether oxygens (including phenoxy) is 1. The summed E-state index contributed by atoms with van der Waals surface area (Å²) in [4.78, 5) is 0. The van der Waals surface area contributed by atoms with Gasteiger partial charge in [-0.2, -0.15) is 0 Å². The fourth-order valence-corrected chi connectivity index (χ4v) is 1.57. The zero-order chi connectivity index (χ0) is 12.0. The van der Waals surface area contributed by atoms with Gasteiger partial charge in [0.05, 0.1) is 12.7 Å². The van der Waals surface area contributed by atoms with Gasteiger partial charge in [0, 0.05) is 13.0 Å². The Kier molecular flexibility index (Phi) is 4.88. The Labute approximate surface area is 97.3 Å². The summed E-state index contributed by atoms with van der Waals surface area (Å²) in [6, 6.07) is 4.08. The van der Waals surface area contributed by atoms with E-state index in [0.29, 0.717) is 6.42 Å². The molecule has 0 aromatic heterocycles. The first kappa shape index (κ1) is 12.6. The van der Waals surface area contributed by atoms with E-state index in [9.17, 15) is 0 Å². The molecule has 0 heterocycles. The van der Waals surface area contributed by atoms with Crippen molar-refractivity contribution in [1.29, 1.82) is 0 Å². The lowest BCUT2D eigenvalue weighted by Crippen LogP contribution is -1.92. The van der Waals surface area contributed by atoms with E-state index in [4.69, 9.17) is 9.84 Å². The Morgan fingerprint density at radius 1 is 1.31 bits per heavy atom. The molecule has 2 nitrogen and oxygen atoms in total. The number of aryl methyl sites for hydroxylation is 2. The SMILES string of the molecule is COc1cc(C)cc(C)c1C#CCCCO. The van der Waals surface area contributed by atoms with Crippen LogP contribution in [0.15, 0.2) is 12.1 Å². The van der Waals surface area contributed by atoms with Crippen molar-refractivity contribution in [1.82, 2.24) is 0 Å². The molecule has 0 aliphatic heterocycles. The van der Waals surface area contributed by atoms with Gasteiger partial charge in [-0.3, -0.25) is 0 Å². The molecular formula is C14H18O2. The molecule has 1 aromatic rings. The first-order valence-corrected chi connectivity index (χ1v) is 5.44. The normalized spacial score (nSPS) is 9.50. The van der Waals surface area contributed by atoms with E-state index in [1.807, 2.05) is 19.9 Å². The van der Waals surface area contributed by atoms with Crippen LogP contribution in [0.25, 0.3) is 0 Å². The molecule has 0 aliphatic carbocycles. The number of hydrogen-bond donors (Lipinski definition) is 1. The summed E-state index contributed by atoms with van der Waals surface area (Å²) < 4.78 is 5.31. The van der Waals surface area contributed by atoms with Gasteiger partial charge in [-0.15, -0.1) is 0 Å². The summed E-state index contributed by atoms with van der Waals surface area (Å²) in [6.45, 7) is 4.27. The van der Waals surface area contributed by atoms with E-state index in [0.717, 1.165) is 23.3 Å². The standard InChI is InChI=1S/C14H18O2/c1-11-9-12(2)13(14(10-11)16-3)7-5-4-6-8-15/h9-10,15H,4,6,8H2,1-3H3. The molecule has 0 fully saturated rings. The third kappa shape index (κ3) is 3.29. The Morgan fingerprint density at radius 3 is 2.69 bits per heavy atom. The second kappa shape index (κ2) is 6.19. The van der Waals surface area contributed by atoms with E-state index < -0.39 is 0 Å². The van der Waals surface area contributed by atoms with Crippen molar-refractivity contribution in [2.75, 3.05) is 13.7 Å². The first-order valence-electron chi connectivity index (χ1n) is 5.44. The average Bonchev–Trinajstić information content (AvgIpc) is 2.26. The summed E-state index contributed by atoms with van der Waals surface area (Å²) in [5, 5.41) is 8.66. The predicted octanol–water partition coefficient (Wildman–Crippen LogP) is 2.44. The van der Waals surface area contributed by atoms with E-state index in [1.54, 1.807) is 7.11 Å². The Balaban J connectivity index is 2.96. The number of methoxy groups -OCH3 is 1. The van der Waals surface area contributed by atoms with Crippen LogP contribution in [0.3, 0.4) is 0 Å². The van der Waals surface area contributed by atoms with Crippen LogP contribution in [0.5, 0.6) is 5.75 Å². The van der Waals surface area contributed by atoms with Crippen LogP contribution in [0.4, 0.5) is 0 Å². The van der Waals surface area contributed by atoms with Crippen LogP contribution in [0, 0.1) is 25.7 Å². The summed E-state index contributed by atoms with van der Waals surface area (Å²) in [5.74, 6) is 6.98. The molecule has 0 bridgehead atoms. The molecule has 2 heteroatoms. The van der Waals surface area contributed by atoms with Crippen molar-refractivity contribution >= 4 is 0 Å². The minimum atomic E-state index is 0.193. The number of aliphatic hydroxyl groups excluding tert-OH is 1. The highest BCUT2D eigenvalue weighted by Crippen LogP contribution is 2.22. The molecule has 0 saturated carbocycles. The Morgan fingerprint density at radius 2 is 2.06 bits per heavy atom. The first-order chi connectivity index (χ1) is 7.69. The molecule has 16 heavy (non-hydrogen) atoms. The molecule has 0 atom stereocenters. The maximum absolute atomic E-state index is 8.66. The van der Waals surface area contributed by atoms with E-state index in [-0.39, 0.29) is 6.61 Å². The van der Waals surface area contributed by atoms with E-state index in [1.165, 1.54) is 5.56 Å². The summed E-state index contributed by atoms with van der Waals surface area (Å²) in [6.07, 6.45) is 1.44. The van der Waals surface area contributed by atoms with E-state index >= 15 is 0 Å². The van der Waals surface area contributed by atoms with Gasteiger partial charge in [-0.1, -0.05) is 17.9 Å². The number of aliphatic hydroxyl groups is 1. The van der Waals surface area contributed by atoms with Crippen LogP contribution in [-0.4, -0.2) is 18.8 Å². The number of rotatable bonds is 3. The van der Waals surface area contributed by atoms with E-state index in [2.05, 4.69) is 17.9 Å². The Hall–Kier alpha value is -1.46. The van der Waals surface area contributed by atoms with Crippen LogP contribution < -0.4 is 4.74 Å². The second-order valence-electron chi connectivity index (χ2n) is 3.79. The third-order valence-electron chi connectivity index (χ3n) is 2.34. The fraction of sp³-hybridized carbons (Fsp3) is 0.429. The molecule has 0 radical (unpaired) electrons. The van der Waals surface area contributed by atoms with Crippen molar-refractivity contribution in [3.05, 3.63) is 28.8 Å². The molecule has 1 rings (SSSR count). The van der Waals surface area contributed by atoms with Gasteiger partial charge >= 0.3 is 0 Å². The maximum Gasteiger partial charge on any atom is 0.135 e. The highest BCUT2D eigenvalue weighted by molar-refractivity contribution is 5.52. The van der Waals surface area contributed by atoms with Gasteiger partial charge < -0.3 is 9.84 Å². The van der Waals surface area contributed by atoms with Gasteiger partial charge in [-0.05, 0) is 37.5 Å². The number of unbranched alkanes of at least 4 members (excludes halogenated alkanes) is 1. The molecule has 0 saturated heterocycles. The molecule has 1 N–H and O–H groups in total. The van der Waals surface area contributed by atoms with Crippen molar-refractivity contribution in [2.24, 2.45) is 0 Å². The van der Waals surface area contributed by atoms with Gasteiger partial charge in [-0.25, -0.2) is 0 Å². The van der Waals surface area contributed by atoms with Gasteiger partial charge in [0.2, 0.25) is 0 Å². The lowest BCUT2D eigenvalue weighted by Gasteiger charge is -2.07. The second-order valence-corrected chi connectivity index (χ2v) is 3.79. The van der Waals surface area contributed by atoms with Gasteiger partial charge in [0.25, 0.3) is 0 Å². The summed E-state index contributed by atoms with van der Waals surface area (Å²) >= 11 is 0. The quantitative estimate of drug-likeness (QED) is 0.623. The van der Waals surface area contributed by atoms with Gasteiger partial charge in [0.15, 0.2) is 0 Å². The zero-order valence-electron chi connectivity index (χ0n) is 10.1. The lowest BCUT2D eigenvalue weighted by molar-refractivity contribution is 0.290. The average molecular weight is 218 g/mol. The largest absolute Gasteiger partial charge is 0.495 e. The Bertz CT molecular complexity index is 411. The van der Waals surface area contributed by atoms with Crippen LogP contribution in [0.1, 0.15) is 29.5 Å². The highest BCUT2D eigenvalue weighted by atomic mass is 16.5. The van der Waals surface area contributed by atoms with Crippen molar-refractivity contribution in [3.63, 3.8) is 0 Å². The van der Waals surface area contributed by atoms with Crippen LogP contribution >= 0.6 is 0 Å². The minimum Gasteiger partial charge on any atom is -0.495 e. The van der Waals surface area contributed by atoms with Crippen LogP contribution in [-0.2, 0) is 0 Å². The lowest BCUT2D eigenvalue weighted by atomic mass is 10.0. The topological polar surface area (TPSA) is 29.5 Å². The zero-order valence-corrected chi connectivity index (χ0v) is 10.1. The molecular weight excluding hydrogens is 200 g/mol. The molecule has 0 amide bonds. The maximum atomic E-state index is 8.66. The minimum absolute atomic E-state index is 0.193.